The van der Waals surface area contributed by atoms with Gasteiger partial charge in [0.15, 0.2) is 17.3 Å². The minimum atomic E-state index is -0.0784. The van der Waals surface area contributed by atoms with Crippen LogP contribution in [0, 0.1) is 0 Å². The third kappa shape index (κ3) is 3.91. The lowest BCUT2D eigenvalue weighted by Crippen LogP contribution is -2.48. The molecule has 0 aliphatic carbocycles. The van der Waals surface area contributed by atoms with Crippen LogP contribution in [-0.2, 0) is 0 Å². The van der Waals surface area contributed by atoms with Crippen molar-refractivity contribution >= 4 is 5.91 Å². The van der Waals surface area contributed by atoms with E-state index in [4.69, 9.17) is 18.9 Å². The summed E-state index contributed by atoms with van der Waals surface area (Å²) in [5, 5.41) is 4.51. The van der Waals surface area contributed by atoms with Gasteiger partial charge in [-0.3, -0.25) is 4.79 Å². The monoisotopic (exact) mass is 472 g/mol. The molecule has 0 N–H and O–H groups in total. The number of carbonyl (C=O) groups is 1. The number of hydrogen-bond acceptors (Lipinski definition) is 8. The topological polar surface area (TPSA) is 98.8 Å². The van der Waals surface area contributed by atoms with E-state index in [9.17, 15) is 4.79 Å². The van der Waals surface area contributed by atoms with Crippen molar-refractivity contribution in [2.45, 2.75) is 6.92 Å². The fourth-order valence-corrected chi connectivity index (χ4v) is 4.41. The van der Waals surface area contributed by atoms with E-state index in [1.54, 1.807) is 35.5 Å². The summed E-state index contributed by atoms with van der Waals surface area (Å²) < 4.78 is 18.2. The second-order valence-electron chi connectivity index (χ2n) is 8.33. The zero-order chi connectivity index (χ0) is 23.8. The number of likely N-dealkylation sites (N-methyl/N-ethyl adjacent to an activating group) is 1. The van der Waals surface area contributed by atoms with Crippen LogP contribution in [0.5, 0.6) is 11.5 Å². The number of rotatable bonds is 5. The van der Waals surface area contributed by atoms with Crippen LogP contribution in [-0.4, -0.2) is 75.0 Å². The van der Waals surface area contributed by atoms with Gasteiger partial charge >= 0.3 is 0 Å². The Bertz CT molecular complexity index is 1360. The lowest BCUT2D eigenvalue weighted by molar-refractivity contribution is 0.0644. The highest BCUT2D eigenvalue weighted by Gasteiger charge is 2.28. The summed E-state index contributed by atoms with van der Waals surface area (Å²) in [4.78, 5) is 26.9. The fourth-order valence-electron chi connectivity index (χ4n) is 4.41. The second-order valence-corrected chi connectivity index (χ2v) is 8.33. The first-order chi connectivity index (χ1) is 17.2. The van der Waals surface area contributed by atoms with E-state index < -0.39 is 0 Å². The van der Waals surface area contributed by atoms with Crippen molar-refractivity contribution in [1.82, 2.24) is 29.5 Å². The summed E-state index contributed by atoms with van der Waals surface area (Å²) in [6, 6.07) is 11.1. The summed E-state index contributed by atoms with van der Waals surface area (Å²) in [5.74, 6) is 2.16. The Labute approximate surface area is 201 Å². The lowest BCUT2D eigenvalue weighted by atomic mass is 10.1. The molecule has 2 aliphatic heterocycles. The first kappa shape index (κ1) is 21.4. The molecular formula is C25H24N6O4. The molecule has 178 valence electrons. The van der Waals surface area contributed by atoms with Gasteiger partial charge in [0.05, 0.1) is 23.7 Å². The number of furan rings is 1. The molecule has 1 aromatic carbocycles. The van der Waals surface area contributed by atoms with Gasteiger partial charge in [0, 0.05) is 37.9 Å². The number of amides is 1. The Morgan fingerprint density at radius 1 is 1.06 bits per heavy atom. The maximum absolute atomic E-state index is 13.5. The van der Waals surface area contributed by atoms with Crippen molar-refractivity contribution in [2.24, 2.45) is 0 Å². The maximum Gasteiger partial charge on any atom is 0.257 e. The molecule has 6 rings (SSSR count). The minimum absolute atomic E-state index is 0.0784. The van der Waals surface area contributed by atoms with Gasteiger partial charge in [-0.1, -0.05) is 6.92 Å². The highest BCUT2D eigenvalue weighted by Crippen LogP contribution is 2.35. The standard InChI is InChI=1S/C25H24N6O4/c1-2-29-9-11-30(12-10-29)24(32)18-15-27-31(23(18)21-4-3-13-33-21)25-26-8-7-19(28-25)17-5-6-20-22(14-17)35-16-34-20/h3-8,13-15H,2,9-12,16H2,1H3. The molecule has 0 unspecified atom stereocenters. The zero-order valence-corrected chi connectivity index (χ0v) is 19.3. The van der Waals surface area contributed by atoms with Crippen LogP contribution >= 0.6 is 0 Å². The summed E-state index contributed by atoms with van der Waals surface area (Å²) in [6.07, 6.45) is 4.81. The number of nitrogens with zero attached hydrogens (tertiary/aromatic N) is 6. The second kappa shape index (κ2) is 8.88. The largest absolute Gasteiger partial charge is 0.463 e. The molecule has 10 nitrogen and oxygen atoms in total. The summed E-state index contributed by atoms with van der Waals surface area (Å²) in [6.45, 7) is 6.37. The maximum atomic E-state index is 13.5. The average Bonchev–Trinajstić information content (AvgIpc) is 3.68. The normalized spacial score (nSPS) is 15.5. The minimum Gasteiger partial charge on any atom is -0.463 e. The van der Waals surface area contributed by atoms with Gasteiger partial charge in [0.1, 0.15) is 5.69 Å². The molecule has 1 fully saturated rings. The molecule has 3 aromatic heterocycles. The molecular weight excluding hydrogens is 448 g/mol. The molecule has 0 atom stereocenters. The third-order valence-corrected chi connectivity index (χ3v) is 6.36. The molecule has 0 spiro atoms. The van der Waals surface area contributed by atoms with E-state index in [0.29, 0.717) is 53.2 Å². The summed E-state index contributed by atoms with van der Waals surface area (Å²) >= 11 is 0. The zero-order valence-electron chi connectivity index (χ0n) is 19.3. The molecule has 0 bridgehead atoms. The molecule has 0 radical (unpaired) electrons. The molecule has 4 aromatic rings. The Morgan fingerprint density at radius 3 is 2.71 bits per heavy atom. The molecule has 1 saturated heterocycles. The molecule has 0 saturated carbocycles. The van der Waals surface area contributed by atoms with Crippen molar-refractivity contribution in [1.29, 1.82) is 0 Å². The number of hydrogen-bond donors (Lipinski definition) is 0. The van der Waals surface area contributed by atoms with Crippen LogP contribution in [0.3, 0.4) is 0 Å². The highest BCUT2D eigenvalue weighted by atomic mass is 16.7. The summed E-state index contributed by atoms with van der Waals surface area (Å²) in [7, 11) is 0. The Morgan fingerprint density at radius 2 is 1.91 bits per heavy atom. The number of aromatic nitrogens is 4. The van der Waals surface area contributed by atoms with Crippen LogP contribution in [0.15, 0.2) is 59.5 Å². The molecule has 5 heterocycles. The van der Waals surface area contributed by atoms with Crippen LogP contribution in [0.25, 0.3) is 28.7 Å². The Kier molecular flexibility index (Phi) is 5.42. The van der Waals surface area contributed by atoms with Gasteiger partial charge in [-0.25, -0.2) is 9.97 Å². The number of fused-ring (bicyclic) bond motifs is 1. The van der Waals surface area contributed by atoms with Crippen LogP contribution < -0.4 is 9.47 Å². The predicted octanol–water partition coefficient (Wildman–Crippen LogP) is 3.10. The van der Waals surface area contributed by atoms with Crippen molar-refractivity contribution in [3.05, 3.63) is 60.6 Å². The van der Waals surface area contributed by atoms with E-state index in [2.05, 4.69) is 21.9 Å². The van der Waals surface area contributed by atoms with Gasteiger partial charge in [-0.15, -0.1) is 0 Å². The van der Waals surface area contributed by atoms with Crippen molar-refractivity contribution in [3.8, 4) is 40.2 Å². The van der Waals surface area contributed by atoms with Gasteiger partial charge < -0.3 is 23.7 Å². The van der Waals surface area contributed by atoms with Crippen LogP contribution in [0.1, 0.15) is 17.3 Å². The van der Waals surface area contributed by atoms with Crippen molar-refractivity contribution < 1.29 is 18.7 Å². The average molecular weight is 473 g/mol. The fraction of sp³-hybridized carbons (Fsp3) is 0.280. The Balaban J connectivity index is 1.37. The molecule has 35 heavy (non-hydrogen) atoms. The van der Waals surface area contributed by atoms with Crippen LogP contribution in [0.2, 0.25) is 0 Å². The summed E-state index contributed by atoms with van der Waals surface area (Å²) in [5.41, 5.74) is 2.54. The first-order valence-electron chi connectivity index (χ1n) is 11.6. The first-order valence-corrected chi connectivity index (χ1v) is 11.6. The van der Waals surface area contributed by atoms with Gasteiger partial charge in [0.2, 0.25) is 6.79 Å². The van der Waals surface area contributed by atoms with Gasteiger partial charge in [-0.05, 0) is 42.9 Å². The number of benzene rings is 1. The third-order valence-electron chi connectivity index (χ3n) is 6.36. The molecule has 2 aliphatic rings. The number of piperazine rings is 1. The number of ether oxygens (including phenoxy) is 2. The van der Waals surface area contributed by atoms with E-state index in [1.807, 2.05) is 29.2 Å². The van der Waals surface area contributed by atoms with Crippen molar-refractivity contribution in [2.75, 3.05) is 39.5 Å². The predicted molar refractivity (Wildman–Crippen MR) is 126 cm³/mol. The van der Waals surface area contributed by atoms with E-state index in [1.165, 1.54) is 0 Å². The van der Waals surface area contributed by atoms with Gasteiger partial charge in [0.25, 0.3) is 11.9 Å². The quantitative estimate of drug-likeness (QED) is 0.437. The highest BCUT2D eigenvalue weighted by molar-refractivity contribution is 5.99. The van der Waals surface area contributed by atoms with Crippen molar-refractivity contribution in [3.63, 3.8) is 0 Å². The van der Waals surface area contributed by atoms with E-state index >= 15 is 0 Å². The van der Waals surface area contributed by atoms with Crippen LogP contribution in [0.4, 0.5) is 0 Å². The number of carbonyl (C=O) groups excluding carboxylic acids is 1. The van der Waals surface area contributed by atoms with E-state index in [0.717, 1.165) is 25.2 Å². The lowest BCUT2D eigenvalue weighted by Gasteiger charge is -2.34. The molecule has 1 amide bonds. The Hall–Kier alpha value is -4.18. The SMILES string of the molecule is CCN1CCN(C(=O)c2cnn(-c3nccc(-c4ccc5c(c4)OCO5)n3)c2-c2ccco2)CC1. The van der Waals surface area contributed by atoms with Gasteiger partial charge in [-0.2, -0.15) is 9.78 Å². The molecule has 10 heteroatoms. The smallest absolute Gasteiger partial charge is 0.257 e. The van der Waals surface area contributed by atoms with E-state index in [-0.39, 0.29) is 12.7 Å².